The number of aliphatic carboxylic acids is 1. The molecule has 4 rings (SSSR count). The van der Waals surface area contributed by atoms with Gasteiger partial charge in [0.25, 0.3) is 0 Å². The number of hydrogen-bond donors (Lipinski definition) is 3. The van der Waals surface area contributed by atoms with Crippen LogP contribution in [0.25, 0.3) is 11.1 Å². The number of ether oxygens (including phenoxy) is 2. The summed E-state index contributed by atoms with van der Waals surface area (Å²) in [5.41, 5.74) is 3.33. The zero-order valence-corrected chi connectivity index (χ0v) is 20.1. The number of amides is 2. The number of carboxylic acid groups (broad SMARTS) is 1. The van der Waals surface area contributed by atoms with Crippen LogP contribution in [0.2, 0.25) is 0 Å². The predicted octanol–water partition coefficient (Wildman–Crippen LogP) is 3.83. The lowest BCUT2D eigenvalue weighted by Crippen LogP contribution is -2.56. The molecule has 1 aliphatic carbocycles. The van der Waals surface area contributed by atoms with Gasteiger partial charge in [-0.15, -0.1) is 0 Å². The van der Waals surface area contributed by atoms with Gasteiger partial charge in [-0.05, 0) is 47.9 Å². The Kier molecular flexibility index (Phi) is 7.40. The number of hydrogen-bond acceptors (Lipinski definition) is 5. The van der Waals surface area contributed by atoms with Crippen LogP contribution >= 0.6 is 0 Å². The van der Waals surface area contributed by atoms with Crippen molar-refractivity contribution in [3.8, 4) is 11.1 Å². The average molecular weight is 481 g/mol. The summed E-state index contributed by atoms with van der Waals surface area (Å²) < 4.78 is 11.3. The van der Waals surface area contributed by atoms with Crippen LogP contribution in [0.1, 0.15) is 56.6 Å². The van der Waals surface area contributed by atoms with Gasteiger partial charge in [-0.1, -0.05) is 62.4 Å². The van der Waals surface area contributed by atoms with Crippen LogP contribution in [0.3, 0.4) is 0 Å². The highest BCUT2D eigenvalue weighted by atomic mass is 16.5. The zero-order chi connectivity index (χ0) is 25.0. The van der Waals surface area contributed by atoms with E-state index in [0.717, 1.165) is 11.1 Å². The minimum atomic E-state index is -1.29. The molecule has 2 unspecified atom stereocenters. The topological polar surface area (TPSA) is 114 Å². The fourth-order valence-electron chi connectivity index (χ4n) is 4.99. The molecule has 3 N–H and O–H groups in total. The van der Waals surface area contributed by atoms with Gasteiger partial charge in [-0.2, -0.15) is 0 Å². The SMILES string of the molecule is CCC(CC)(NC(=O)C1CCC(CNC(=O)OCC2c3ccccc3-c3ccccc32)O1)C(=O)O. The molecular formula is C27H32N2O6. The highest BCUT2D eigenvalue weighted by Gasteiger charge is 2.40. The van der Waals surface area contributed by atoms with E-state index in [4.69, 9.17) is 9.47 Å². The summed E-state index contributed by atoms with van der Waals surface area (Å²) in [6, 6.07) is 16.3. The second-order valence-electron chi connectivity index (χ2n) is 9.11. The third-order valence-corrected chi connectivity index (χ3v) is 7.20. The van der Waals surface area contributed by atoms with Gasteiger partial charge in [0.05, 0.1) is 6.10 Å². The fraction of sp³-hybridized carbons (Fsp3) is 0.444. The quantitative estimate of drug-likeness (QED) is 0.503. The van der Waals surface area contributed by atoms with Gasteiger partial charge in [-0.3, -0.25) is 4.79 Å². The standard InChI is InChI=1S/C27H32N2O6/c1-3-27(4-2,25(31)32)29-24(30)23-14-13-17(35-23)15-28-26(33)34-16-22-20-11-7-5-9-18(20)19-10-6-8-12-21(19)22/h5-12,17,22-23H,3-4,13-16H2,1-2H3,(H,28,33)(H,29,30)(H,31,32). The lowest BCUT2D eigenvalue weighted by atomic mass is 9.92. The van der Waals surface area contributed by atoms with Crippen LogP contribution in [0, 0.1) is 0 Å². The average Bonchev–Trinajstić information content (AvgIpc) is 3.48. The third kappa shape index (κ3) is 5.03. The summed E-state index contributed by atoms with van der Waals surface area (Å²) in [6.45, 7) is 3.90. The molecular weight excluding hydrogens is 448 g/mol. The number of alkyl carbamates (subject to hydrolysis) is 1. The van der Waals surface area contributed by atoms with E-state index in [0.29, 0.717) is 12.8 Å². The first kappa shape index (κ1) is 24.7. The molecule has 0 aromatic heterocycles. The monoisotopic (exact) mass is 480 g/mol. The Morgan fingerprint density at radius 3 is 2.17 bits per heavy atom. The molecule has 2 amide bonds. The van der Waals surface area contributed by atoms with Crippen molar-refractivity contribution in [2.24, 2.45) is 0 Å². The third-order valence-electron chi connectivity index (χ3n) is 7.20. The Labute approximate surface area is 205 Å². The van der Waals surface area contributed by atoms with Crippen molar-refractivity contribution in [1.29, 1.82) is 0 Å². The first-order valence-electron chi connectivity index (χ1n) is 12.2. The second-order valence-corrected chi connectivity index (χ2v) is 9.11. The van der Waals surface area contributed by atoms with Crippen LogP contribution in [0.15, 0.2) is 48.5 Å². The number of rotatable bonds is 9. The molecule has 2 aliphatic rings. The molecule has 186 valence electrons. The Morgan fingerprint density at radius 2 is 1.60 bits per heavy atom. The maximum atomic E-state index is 12.6. The lowest BCUT2D eigenvalue weighted by Gasteiger charge is -2.29. The van der Waals surface area contributed by atoms with Gasteiger partial charge in [-0.25, -0.2) is 9.59 Å². The van der Waals surface area contributed by atoms with Gasteiger partial charge >= 0.3 is 12.1 Å². The van der Waals surface area contributed by atoms with Crippen molar-refractivity contribution in [2.75, 3.05) is 13.2 Å². The van der Waals surface area contributed by atoms with Crippen LogP contribution in [0.5, 0.6) is 0 Å². The molecule has 1 heterocycles. The highest BCUT2D eigenvalue weighted by Crippen LogP contribution is 2.44. The number of carbonyl (C=O) groups is 3. The summed E-state index contributed by atoms with van der Waals surface area (Å²) in [4.78, 5) is 36.7. The van der Waals surface area contributed by atoms with Crippen LogP contribution < -0.4 is 10.6 Å². The van der Waals surface area contributed by atoms with Crippen molar-refractivity contribution in [2.45, 2.75) is 63.2 Å². The van der Waals surface area contributed by atoms with Gasteiger partial charge in [0.1, 0.15) is 18.2 Å². The molecule has 8 nitrogen and oxygen atoms in total. The summed E-state index contributed by atoms with van der Waals surface area (Å²) in [5.74, 6) is -1.50. The predicted molar refractivity (Wildman–Crippen MR) is 130 cm³/mol. The Balaban J connectivity index is 1.26. The summed E-state index contributed by atoms with van der Waals surface area (Å²) in [7, 11) is 0. The Morgan fingerprint density at radius 1 is 1.00 bits per heavy atom. The van der Waals surface area contributed by atoms with Crippen molar-refractivity contribution >= 4 is 18.0 Å². The molecule has 2 aromatic carbocycles. The second kappa shape index (κ2) is 10.5. The smallest absolute Gasteiger partial charge is 0.407 e. The Bertz CT molecular complexity index is 1050. The summed E-state index contributed by atoms with van der Waals surface area (Å²) >= 11 is 0. The molecule has 1 saturated heterocycles. The van der Waals surface area contributed by atoms with E-state index in [1.807, 2.05) is 24.3 Å². The van der Waals surface area contributed by atoms with E-state index in [-0.39, 0.29) is 38.0 Å². The molecule has 8 heteroatoms. The van der Waals surface area contributed by atoms with E-state index in [2.05, 4.69) is 34.9 Å². The normalized spacial score (nSPS) is 19.0. The molecule has 2 atom stereocenters. The largest absolute Gasteiger partial charge is 0.480 e. The van der Waals surface area contributed by atoms with Crippen LogP contribution in [0.4, 0.5) is 4.79 Å². The lowest BCUT2D eigenvalue weighted by molar-refractivity contribution is -0.150. The van der Waals surface area contributed by atoms with Crippen LogP contribution in [-0.2, 0) is 19.1 Å². The number of carbonyl (C=O) groups excluding carboxylic acids is 2. The number of nitrogens with one attached hydrogen (secondary N) is 2. The number of carboxylic acids is 1. The summed E-state index contributed by atoms with van der Waals surface area (Å²) in [5, 5.41) is 14.9. The molecule has 0 saturated carbocycles. The van der Waals surface area contributed by atoms with Crippen molar-refractivity contribution in [1.82, 2.24) is 10.6 Å². The summed E-state index contributed by atoms with van der Waals surface area (Å²) in [6.07, 6.45) is 0.000253. The van der Waals surface area contributed by atoms with E-state index < -0.39 is 29.6 Å². The van der Waals surface area contributed by atoms with Crippen molar-refractivity contribution in [3.63, 3.8) is 0 Å². The minimum absolute atomic E-state index is 0.0180. The molecule has 0 radical (unpaired) electrons. The number of fused-ring (bicyclic) bond motifs is 3. The molecule has 0 bridgehead atoms. The minimum Gasteiger partial charge on any atom is -0.480 e. The van der Waals surface area contributed by atoms with Gasteiger partial charge in [0, 0.05) is 12.5 Å². The molecule has 2 aromatic rings. The van der Waals surface area contributed by atoms with Crippen molar-refractivity contribution < 1.29 is 29.0 Å². The molecule has 1 aliphatic heterocycles. The van der Waals surface area contributed by atoms with E-state index in [9.17, 15) is 19.5 Å². The van der Waals surface area contributed by atoms with Gasteiger partial charge in [0.2, 0.25) is 5.91 Å². The molecule has 35 heavy (non-hydrogen) atoms. The van der Waals surface area contributed by atoms with Crippen LogP contribution in [-0.4, -0.2) is 54.0 Å². The maximum Gasteiger partial charge on any atom is 0.407 e. The maximum absolute atomic E-state index is 12.6. The highest BCUT2D eigenvalue weighted by molar-refractivity contribution is 5.89. The first-order valence-corrected chi connectivity index (χ1v) is 12.2. The van der Waals surface area contributed by atoms with E-state index in [1.165, 1.54) is 11.1 Å². The fourth-order valence-corrected chi connectivity index (χ4v) is 4.99. The van der Waals surface area contributed by atoms with Gasteiger partial charge < -0.3 is 25.2 Å². The van der Waals surface area contributed by atoms with Crippen molar-refractivity contribution in [3.05, 3.63) is 59.7 Å². The molecule has 1 fully saturated rings. The zero-order valence-electron chi connectivity index (χ0n) is 20.1. The number of benzene rings is 2. The Hall–Kier alpha value is -3.39. The first-order chi connectivity index (χ1) is 16.9. The van der Waals surface area contributed by atoms with E-state index in [1.54, 1.807) is 13.8 Å². The molecule has 0 spiro atoms. The van der Waals surface area contributed by atoms with E-state index >= 15 is 0 Å². The van der Waals surface area contributed by atoms with Gasteiger partial charge in [0.15, 0.2) is 0 Å².